The predicted molar refractivity (Wildman–Crippen MR) is 70.9 cm³/mol. The monoisotopic (exact) mass is 232 g/mol. The highest BCUT2D eigenvalue weighted by Gasteiger charge is 2.11. The number of thiazole rings is 1. The molecule has 2 nitrogen and oxygen atoms in total. The van der Waals surface area contributed by atoms with Crippen LogP contribution in [-0.2, 0) is 0 Å². The number of nitrogens with zero attached hydrogens (tertiary/aromatic N) is 1. The summed E-state index contributed by atoms with van der Waals surface area (Å²) in [4.78, 5) is 5.59. The molecule has 0 saturated carbocycles. The van der Waals surface area contributed by atoms with Gasteiger partial charge in [-0.15, -0.1) is 11.3 Å². The number of hydrogen-bond donors (Lipinski definition) is 1. The van der Waals surface area contributed by atoms with Crippen molar-refractivity contribution < 1.29 is 0 Å². The van der Waals surface area contributed by atoms with E-state index in [2.05, 4.69) is 44.8 Å². The normalized spacial score (nSPS) is 10.8. The molecule has 0 unspecified atom stereocenters. The summed E-state index contributed by atoms with van der Waals surface area (Å²) in [5.74, 6) is 0. The van der Waals surface area contributed by atoms with Crippen LogP contribution in [0, 0.1) is 27.7 Å². The molecule has 2 rings (SSSR count). The molecule has 0 aliphatic heterocycles. The fourth-order valence-electron chi connectivity index (χ4n) is 1.88. The molecule has 1 aromatic heterocycles. The molecule has 1 aromatic carbocycles. The van der Waals surface area contributed by atoms with Crippen LogP contribution in [0.1, 0.15) is 21.6 Å². The molecule has 0 aliphatic carbocycles. The lowest BCUT2D eigenvalue weighted by atomic mass is 9.98. The molecular formula is C13H16N2S. The van der Waals surface area contributed by atoms with Gasteiger partial charge in [-0.3, -0.25) is 0 Å². The van der Waals surface area contributed by atoms with Crippen molar-refractivity contribution in [1.82, 2.24) is 4.98 Å². The Hall–Kier alpha value is -1.35. The lowest BCUT2D eigenvalue weighted by Gasteiger charge is -2.08. The van der Waals surface area contributed by atoms with Crippen molar-refractivity contribution in [3.05, 3.63) is 33.7 Å². The molecule has 0 fully saturated rings. The molecule has 0 saturated heterocycles. The van der Waals surface area contributed by atoms with E-state index in [4.69, 9.17) is 5.73 Å². The molecule has 0 atom stereocenters. The van der Waals surface area contributed by atoms with Crippen molar-refractivity contribution in [2.45, 2.75) is 27.7 Å². The highest BCUT2D eigenvalue weighted by Crippen LogP contribution is 2.32. The van der Waals surface area contributed by atoms with Crippen LogP contribution in [0.2, 0.25) is 0 Å². The van der Waals surface area contributed by atoms with Crippen LogP contribution >= 0.6 is 11.3 Å². The highest BCUT2D eigenvalue weighted by atomic mass is 32.1. The summed E-state index contributed by atoms with van der Waals surface area (Å²) in [6.07, 6.45) is 0. The molecular weight excluding hydrogens is 216 g/mol. The van der Waals surface area contributed by atoms with Gasteiger partial charge >= 0.3 is 0 Å². The van der Waals surface area contributed by atoms with Gasteiger partial charge in [0.15, 0.2) is 5.13 Å². The predicted octanol–water partition coefficient (Wildman–Crippen LogP) is 3.63. The van der Waals surface area contributed by atoms with Crippen LogP contribution in [0.4, 0.5) is 5.13 Å². The molecule has 2 aromatic rings. The van der Waals surface area contributed by atoms with Gasteiger partial charge in [-0.1, -0.05) is 6.07 Å². The third kappa shape index (κ3) is 1.83. The largest absolute Gasteiger partial charge is 0.375 e. The molecule has 16 heavy (non-hydrogen) atoms. The maximum Gasteiger partial charge on any atom is 0.180 e. The second-order valence-corrected chi connectivity index (χ2v) is 5.44. The molecule has 0 aliphatic rings. The summed E-state index contributed by atoms with van der Waals surface area (Å²) in [5.41, 5.74) is 11.9. The molecule has 0 radical (unpaired) electrons. The minimum Gasteiger partial charge on any atom is -0.375 e. The fourth-order valence-corrected chi connectivity index (χ4v) is 2.59. The van der Waals surface area contributed by atoms with E-state index in [1.165, 1.54) is 27.1 Å². The maximum absolute atomic E-state index is 5.74. The Balaban J connectivity index is 2.64. The quantitative estimate of drug-likeness (QED) is 0.815. The van der Waals surface area contributed by atoms with Crippen molar-refractivity contribution in [2.24, 2.45) is 0 Å². The van der Waals surface area contributed by atoms with Crippen LogP contribution in [0.25, 0.3) is 11.3 Å². The minimum absolute atomic E-state index is 0.644. The second kappa shape index (κ2) is 3.91. The number of benzene rings is 1. The SMILES string of the molecule is Cc1cc(C)c(-c2nc(N)sc2C)cc1C. The van der Waals surface area contributed by atoms with E-state index in [0.29, 0.717) is 5.13 Å². The average Bonchev–Trinajstić information content (AvgIpc) is 2.51. The molecule has 84 valence electrons. The zero-order valence-corrected chi connectivity index (χ0v) is 10.9. The Bertz CT molecular complexity index is 541. The summed E-state index contributed by atoms with van der Waals surface area (Å²) in [5, 5.41) is 0.644. The molecule has 0 spiro atoms. The summed E-state index contributed by atoms with van der Waals surface area (Å²) in [6.45, 7) is 8.45. The number of anilines is 1. The van der Waals surface area contributed by atoms with Gasteiger partial charge in [-0.25, -0.2) is 4.98 Å². The number of aryl methyl sites for hydroxylation is 4. The van der Waals surface area contributed by atoms with Gasteiger partial charge in [0, 0.05) is 10.4 Å². The molecule has 0 bridgehead atoms. The third-order valence-corrected chi connectivity index (χ3v) is 3.71. The van der Waals surface area contributed by atoms with E-state index in [9.17, 15) is 0 Å². The Kier molecular flexibility index (Phi) is 2.72. The molecule has 0 amide bonds. The number of aromatic nitrogens is 1. The third-order valence-electron chi connectivity index (χ3n) is 2.91. The van der Waals surface area contributed by atoms with Gasteiger partial charge in [0.2, 0.25) is 0 Å². The Labute approximate surface area is 100 Å². The van der Waals surface area contributed by atoms with Crippen molar-refractivity contribution >= 4 is 16.5 Å². The van der Waals surface area contributed by atoms with E-state index >= 15 is 0 Å². The van der Waals surface area contributed by atoms with Gasteiger partial charge in [0.25, 0.3) is 0 Å². The number of hydrogen-bond acceptors (Lipinski definition) is 3. The van der Waals surface area contributed by atoms with Gasteiger partial charge < -0.3 is 5.73 Å². The van der Waals surface area contributed by atoms with Gasteiger partial charge in [-0.2, -0.15) is 0 Å². The van der Waals surface area contributed by atoms with Crippen molar-refractivity contribution in [2.75, 3.05) is 5.73 Å². The van der Waals surface area contributed by atoms with E-state index in [1.807, 2.05) is 0 Å². The first kappa shape index (κ1) is 11.1. The summed E-state index contributed by atoms with van der Waals surface area (Å²) >= 11 is 1.55. The van der Waals surface area contributed by atoms with E-state index in [-0.39, 0.29) is 0 Å². The van der Waals surface area contributed by atoms with Crippen molar-refractivity contribution in [1.29, 1.82) is 0 Å². The number of rotatable bonds is 1. The van der Waals surface area contributed by atoms with Crippen LogP contribution in [-0.4, -0.2) is 4.98 Å². The van der Waals surface area contributed by atoms with Gasteiger partial charge in [0.05, 0.1) is 5.69 Å². The maximum atomic E-state index is 5.74. The first-order valence-corrected chi connectivity index (χ1v) is 6.12. The average molecular weight is 232 g/mol. The minimum atomic E-state index is 0.644. The number of nitrogens with two attached hydrogens (primary N) is 1. The second-order valence-electron chi connectivity index (χ2n) is 4.21. The Morgan fingerprint density at radius 3 is 2.19 bits per heavy atom. The van der Waals surface area contributed by atoms with Gasteiger partial charge in [0.1, 0.15) is 0 Å². The van der Waals surface area contributed by atoms with Crippen LogP contribution in [0.3, 0.4) is 0 Å². The summed E-state index contributed by atoms with van der Waals surface area (Å²) in [6, 6.07) is 4.41. The van der Waals surface area contributed by atoms with E-state index < -0.39 is 0 Å². The molecule has 2 N–H and O–H groups in total. The zero-order chi connectivity index (χ0) is 11.9. The van der Waals surface area contributed by atoms with E-state index in [1.54, 1.807) is 11.3 Å². The van der Waals surface area contributed by atoms with Crippen LogP contribution in [0.5, 0.6) is 0 Å². The molecule has 1 heterocycles. The summed E-state index contributed by atoms with van der Waals surface area (Å²) in [7, 11) is 0. The van der Waals surface area contributed by atoms with Crippen molar-refractivity contribution in [3.63, 3.8) is 0 Å². The van der Waals surface area contributed by atoms with Crippen LogP contribution in [0.15, 0.2) is 12.1 Å². The van der Waals surface area contributed by atoms with Crippen molar-refractivity contribution in [3.8, 4) is 11.3 Å². The standard InChI is InChI=1S/C13H16N2S/c1-7-5-9(3)11(6-8(7)2)12-10(4)16-13(14)15-12/h5-6H,1-4H3,(H2,14,15). The highest BCUT2D eigenvalue weighted by molar-refractivity contribution is 7.15. The first-order chi connectivity index (χ1) is 7.49. The number of nitrogen functional groups attached to an aromatic ring is 1. The Morgan fingerprint density at radius 2 is 1.62 bits per heavy atom. The van der Waals surface area contributed by atoms with Gasteiger partial charge in [-0.05, 0) is 50.5 Å². The smallest absolute Gasteiger partial charge is 0.180 e. The van der Waals surface area contributed by atoms with Crippen LogP contribution < -0.4 is 5.73 Å². The lowest BCUT2D eigenvalue weighted by Crippen LogP contribution is -1.91. The topological polar surface area (TPSA) is 38.9 Å². The lowest BCUT2D eigenvalue weighted by molar-refractivity contribution is 1.27. The zero-order valence-electron chi connectivity index (χ0n) is 10.1. The Morgan fingerprint density at radius 1 is 1.00 bits per heavy atom. The first-order valence-electron chi connectivity index (χ1n) is 5.30. The summed E-state index contributed by atoms with van der Waals surface area (Å²) < 4.78 is 0. The fraction of sp³-hybridized carbons (Fsp3) is 0.308. The van der Waals surface area contributed by atoms with E-state index in [0.717, 1.165) is 5.69 Å². The molecule has 3 heteroatoms.